The molecule has 0 bridgehead atoms. The molecule has 3 N–H and O–H groups in total. The zero-order chi connectivity index (χ0) is 16.7. The van der Waals surface area contributed by atoms with Gasteiger partial charge in [0.15, 0.2) is 5.82 Å². The summed E-state index contributed by atoms with van der Waals surface area (Å²) in [5.74, 6) is 1.55. The van der Waals surface area contributed by atoms with Gasteiger partial charge in [0, 0.05) is 18.7 Å². The third-order valence-corrected chi connectivity index (χ3v) is 4.69. The highest BCUT2D eigenvalue weighted by atomic mass is 35.5. The number of benzene rings is 1. The third-order valence-electron chi connectivity index (χ3n) is 4.69. The molecule has 134 valence electrons. The van der Waals surface area contributed by atoms with Gasteiger partial charge in [0.25, 0.3) is 5.89 Å². The van der Waals surface area contributed by atoms with E-state index in [4.69, 9.17) is 15.0 Å². The third kappa shape index (κ3) is 2.91. The number of hydrogen-bond acceptors (Lipinski definition) is 6. The van der Waals surface area contributed by atoms with Crippen molar-refractivity contribution < 1.29 is 14.1 Å². The van der Waals surface area contributed by atoms with Crippen LogP contribution in [0.1, 0.15) is 25.1 Å². The zero-order valence-electron chi connectivity index (χ0n) is 13.8. The maximum Gasteiger partial charge on any atom is 0.322 e. The molecule has 9 heteroatoms. The van der Waals surface area contributed by atoms with Crippen molar-refractivity contribution in [3.05, 3.63) is 24.0 Å². The van der Waals surface area contributed by atoms with E-state index in [-0.39, 0.29) is 18.4 Å². The van der Waals surface area contributed by atoms with Crippen LogP contribution in [0.25, 0.3) is 11.5 Å². The van der Waals surface area contributed by atoms with Crippen LogP contribution < -0.4 is 20.7 Å². The standard InChI is InChI=1S/C16H19N5O3.ClH/c1-23-12-4-3-10(9-11(12)21-8-7-18-15(21)22)13-19-14(20-24-13)16(17)5-2-6-16;/h3-4,9H,2,5-8,17H2,1H3,(H,18,22);1H. The fraction of sp³-hybridized carbons (Fsp3) is 0.438. The number of anilines is 1. The number of carbonyl (C=O) groups is 1. The van der Waals surface area contributed by atoms with Crippen LogP contribution in [0.3, 0.4) is 0 Å². The molecular weight excluding hydrogens is 346 g/mol. The lowest BCUT2D eigenvalue weighted by molar-refractivity contribution is 0.229. The minimum Gasteiger partial charge on any atom is -0.495 e. The lowest BCUT2D eigenvalue weighted by Crippen LogP contribution is -2.44. The van der Waals surface area contributed by atoms with Gasteiger partial charge in [-0.25, -0.2) is 4.79 Å². The van der Waals surface area contributed by atoms with E-state index in [1.165, 1.54) is 0 Å². The summed E-state index contributed by atoms with van der Waals surface area (Å²) in [7, 11) is 1.58. The van der Waals surface area contributed by atoms with E-state index in [1.807, 2.05) is 12.1 Å². The Morgan fingerprint density at radius 3 is 2.80 bits per heavy atom. The maximum absolute atomic E-state index is 12.0. The van der Waals surface area contributed by atoms with Gasteiger partial charge in [0.2, 0.25) is 0 Å². The SMILES string of the molecule is COc1ccc(-c2nc(C3(N)CCC3)no2)cc1N1CCNC1=O.Cl. The second-order valence-electron chi connectivity index (χ2n) is 6.20. The Morgan fingerprint density at radius 1 is 1.40 bits per heavy atom. The van der Waals surface area contributed by atoms with Gasteiger partial charge in [-0.15, -0.1) is 12.4 Å². The van der Waals surface area contributed by atoms with Crippen molar-refractivity contribution >= 4 is 24.1 Å². The molecule has 0 atom stereocenters. The minimum absolute atomic E-state index is 0. The highest BCUT2D eigenvalue weighted by Gasteiger charge is 2.39. The summed E-state index contributed by atoms with van der Waals surface area (Å²) in [6.45, 7) is 1.19. The highest BCUT2D eigenvalue weighted by Crippen LogP contribution is 2.38. The molecule has 0 radical (unpaired) electrons. The zero-order valence-corrected chi connectivity index (χ0v) is 14.6. The summed E-state index contributed by atoms with van der Waals surface area (Å²) in [4.78, 5) is 18.1. The Balaban J connectivity index is 0.00000182. The van der Waals surface area contributed by atoms with Gasteiger partial charge >= 0.3 is 6.03 Å². The Bertz CT molecular complexity index is 790. The number of amides is 2. The fourth-order valence-corrected chi connectivity index (χ4v) is 3.06. The van der Waals surface area contributed by atoms with E-state index in [1.54, 1.807) is 18.1 Å². The normalized spacial score (nSPS) is 18.3. The van der Waals surface area contributed by atoms with Gasteiger partial charge in [0.1, 0.15) is 5.75 Å². The van der Waals surface area contributed by atoms with Crippen molar-refractivity contribution in [2.24, 2.45) is 5.73 Å². The summed E-state index contributed by atoms with van der Waals surface area (Å²) in [6.07, 6.45) is 2.82. The molecule has 0 unspecified atom stereocenters. The fourth-order valence-electron chi connectivity index (χ4n) is 3.06. The van der Waals surface area contributed by atoms with E-state index >= 15 is 0 Å². The largest absolute Gasteiger partial charge is 0.495 e. The van der Waals surface area contributed by atoms with E-state index < -0.39 is 5.54 Å². The number of aromatic nitrogens is 2. The van der Waals surface area contributed by atoms with Crippen LogP contribution in [0.5, 0.6) is 5.75 Å². The predicted octanol–water partition coefficient (Wildman–Crippen LogP) is 2.03. The minimum atomic E-state index is -0.466. The molecule has 2 aliphatic rings. The summed E-state index contributed by atoms with van der Waals surface area (Å²) in [6, 6.07) is 5.30. The summed E-state index contributed by atoms with van der Waals surface area (Å²) in [5.41, 5.74) is 7.18. The van der Waals surface area contributed by atoms with Gasteiger partial charge < -0.3 is 20.3 Å². The van der Waals surface area contributed by atoms with Crippen LogP contribution in [0.4, 0.5) is 10.5 Å². The number of ether oxygens (including phenoxy) is 1. The Morgan fingerprint density at radius 2 is 2.20 bits per heavy atom. The van der Waals surface area contributed by atoms with Crippen molar-refractivity contribution in [2.75, 3.05) is 25.1 Å². The molecule has 0 spiro atoms. The number of nitrogens with two attached hydrogens (primary N) is 1. The number of hydrogen-bond donors (Lipinski definition) is 2. The van der Waals surface area contributed by atoms with Gasteiger partial charge in [-0.1, -0.05) is 5.16 Å². The van der Waals surface area contributed by atoms with Gasteiger partial charge in [-0.05, 0) is 37.5 Å². The lowest BCUT2D eigenvalue weighted by atomic mass is 9.77. The number of methoxy groups -OCH3 is 1. The molecule has 8 nitrogen and oxygen atoms in total. The van der Waals surface area contributed by atoms with Gasteiger partial charge in [0.05, 0.1) is 18.3 Å². The lowest BCUT2D eigenvalue weighted by Gasteiger charge is -2.34. The Hall–Kier alpha value is -2.32. The van der Waals surface area contributed by atoms with Gasteiger partial charge in [-0.2, -0.15) is 4.98 Å². The second kappa shape index (κ2) is 6.53. The van der Waals surface area contributed by atoms with Crippen LogP contribution in [0.15, 0.2) is 22.7 Å². The number of rotatable bonds is 4. The smallest absolute Gasteiger partial charge is 0.322 e. The van der Waals surface area contributed by atoms with Crippen molar-refractivity contribution in [3.8, 4) is 17.2 Å². The Labute approximate surface area is 151 Å². The summed E-state index contributed by atoms with van der Waals surface area (Å²) in [5, 5.41) is 6.82. The van der Waals surface area contributed by atoms with E-state index in [9.17, 15) is 4.79 Å². The topological polar surface area (TPSA) is 107 Å². The van der Waals surface area contributed by atoms with Crippen molar-refractivity contribution in [1.82, 2.24) is 15.5 Å². The monoisotopic (exact) mass is 365 g/mol. The molecule has 2 heterocycles. The number of urea groups is 1. The summed E-state index contributed by atoms with van der Waals surface area (Å²) >= 11 is 0. The molecule has 1 saturated carbocycles. The predicted molar refractivity (Wildman–Crippen MR) is 94.0 cm³/mol. The average molecular weight is 366 g/mol. The molecule has 1 aliphatic carbocycles. The molecule has 1 aromatic heterocycles. The highest BCUT2D eigenvalue weighted by molar-refractivity contribution is 5.96. The Kier molecular flexibility index (Phi) is 4.57. The first-order chi connectivity index (χ1) is 11.6. The quantitative estimate of drug-likeness (QED) is 0.858. The molecule has 4 rings (SSSR count). The van der Waals surface area contributed by atoms with Crippen LogP contribution >= 0.6 is 12.4 Å². The van der Waals surface area contributed by atoms with Gasteiger partial charge in [-0.3, -0.25) is 4.90 Å². The molecule has 2 fully saturated rings. The van der Waals surface area contributed by atoms with E-state index in [0.29, 0.717) is 36.2 Å². The molecule has 1 aliphatic heterocycles. The molecule has 2 amide bonds. The number of halogens is 1. The average Bonchev–Trinajstić information content (AvgIpc) is 3.21. The molecule has 1 aromatic carbocycles. The number of nitrogens with zero attached hydrogens (tertiary/aromatic N) is 3. The van der Waals surface area contributed by atoms with Crippen LogP contribution in [-0.4, -0.2) is 36.4 Å². The molecule has 25 heavy (non-hydrogen) atoms. The molecule has 1 saturated heterocycles. The van der Waals surface area contributed by atoms with Crippen molar-refractivity contribution in [3.63, 3.8) is 0 Å². The maximum atomic E-state index is 12.0. The molecular formula is C16H20ClN5O3. The van der Waals surface area contributed by atoms with Crippen LogP contribution in [0, 0.1) is 0 Å². The number of carbonyl (C=O) groups excluding carboxylic acids is 1. The van der Waals surface area contributed by atoms with Crippen molar-refractivity contribution in [1.29, 1.82) is 0 Å². The first-order valence-electron chi connectivity index (χ1n) is 7.97. The van der Waals surface area contributed by atoms with E-state index in [0.717, 1.165) is 24.8 Å². The van der Waals surface area contributed by atoms with E-state index in [2.05, 4.69) is 15.5 Å². The first kappa shape index (κ1) is 17.5. The second-order valence-corrected chi connectivity index (χ2v) is 6.20. The molecule has 2 aromatic rings. The van der Waals surface area contributed by atoms with Crippen molar-refractivity contribution in [2.45, 2.75) is 24.8 Å². The summed E-state index contributed by atoms with van der Waals surface area (Å²) < 4.78 is 10.8. The van der Waals surface area contributed by atoms with Crippen LogP contribution in [-0.2, 0) is 5.54 Å². The number of nitrogens with one attached hydrogen (secondary N) is 1. The van der Waals surface area contributed by atoms with Crippen LogP contribution in [0.2, 0.25) is 0 Å². The first-order valence-corrected chi connectivity index (χ1v) is 7.97.